The van der Waals surface area contributed by atoms with Crippen LogP contribution >= 0.6 is 11.6 Å². The van der Waals surface area contributed by atoms with Crippen molar-refractivity contribution in [3.05, 3.63) is 34.6 Å². The molecule has 0 saturated carbocycles. The molecule has 0 bridgehead atoms. The summed E-state index contributed by atoms with van der Waals surface area (Å²) in [7, 11) is 0. The van der Waals surface area contributed by atoms with E-state index < -0.39 is 5.82 Å². The van der Waals surface area contributed by atoms with Crippen LogP contribution in [0.1, 0.15) is 18.0 Å². The van der Waals surface area contributed by atoms with Crippen LogP contribution in [0.2, 0.25) is 5.02 Å². The van der Waals surface area contributed by atoms with Gasteiger partial charge < -0.3 is 10.8 Å². The van der Waals surface area contributed by atoms with Crippen molar-refractivity contribution in [3.63, 3.8) is 0 Å². The smallest absolute Gasteiger partial charge is 0.125 e. The zero-order valence-corrected chi connectivity index (χ0v) is 7.76. The Morgan fingerprint density at radius 1 is 1.46 bits per heavy atom. The van der Waals surface area contributed by atoms with Gasteiger partial charge in [-0.15, -0.1) is 0 Å². The molecule has 0 heterocycles. The molecule has 1 rings (SSSR count). The molecule has 0 spiro atoms. The Morgan fingerprint density at radius 2 is 2.15 bits per heavy atom. The average Bonchev–Trinajstić information content (AvgIpc) is 2.03. The zero-order chi connectivity index (χ0) is 9.84. The van der Waals surface area contributed by atoms with Gasteiger partial charge in [-0.2, -0.15) is 0 Å². The molecule has 1 atom stereocenters. The molecular weight excluding hydrogens is 193 g/mol. The molecule has 0 radical (unpaired) electrons. The largest absolute Gasteiger partial charge is 0.396 e. The molecule has 13 heavy (non-hydrogen) atoms. The number of aliphatic hydroxyl groups excluding tert-OH is 1. The normalized spacial score (nSPS) is 12.9. The predicted octanol–water partition coefficient (Wildman–Crippen LogP) is 1.86. The van der Waals surface area contributed by atoms with Gasteiger partial charge in [-0.3, -0.25) is 0 Å². The second kappa shape index (κ2) is 4.56. The van der Waals surface area contributed by atoms with Gasteiger partial charge in [0.2, 0.25) is 0 Å². The monoisotopic (exact) mass is 203 g/mol. The average molecular weight is 204 g/mol. The minimum absolute atomic E-state index is 0.0186. The standard InChI is InChI=1S/C9H11ClFNO/c10-7-3-6(4-8(11)5-7)9(12)1-2-13/h3-5,9,13H,1-2,12H2. The van der Waals surface area contributed by atoms with E-state index in [1.165, 1.54) is 12.1 Å². The van der Waals surface area contributed by atoms with Crippen molar-refractivity contribution in [1.82, 2.24) is 0 Å². The van der Waals surface area contributed by atoms with Gasteiger partial charge in [-0.1, -0.05) is 11.6 Å². The first kappa shape index (κ1) is 10.4. The third-order valence-electron chi connectivity index (χ3n) is 1.75. The van der Waals surface area contributed by atoms with Crippen molar-refractivity contribution < 1.29 is 9.50 Å². The highest BCUT2D eigenvalue weighted by atomic mass is 35.5. The Bertz CT molecular complexity index is 273. The first-order valence-corrected chi connectivity index (χ1v) is 4.33. The highest BCUT2D eigenvalue weighted by molar-refractivity contribution is 6.30. The van der Waals surface area contributed by atoms with Crippen molar-refractivity contribution in [2.75, 3.05) is 6.61 Å². The molecule has 3 N–H and O–H groups in total. The maximum Gasteiger partial charge on any atom is 0.125 e. The van der Waals surface area contributed by atoms with Gasteiger partial charge in [0.15, 0.2) is 0 Å². The Labute approximate surface area is 81.1 Å². The third-order valence-corrected chi connectivity index (χ3v) is 1.97. The summed E-state index contributed by atoms with van der Waals surface area (Å²) in [5.41, 5.74) is 6.27. The first-order chi connectivity index (χ1) is 6.13. The van der Waals surface area contributed by atoms with E-state index in [0.29, 0.717) is 17.0 Å². The van der Waals surface area contributed by atoms with E-state index in [9.17, 15) is 4.39 Å². The molecule has 0 aliphatic rings. The minimum atomic E-state index is -0.407. The van der Waals surface area contributed by atoms with Gasteiger partial charge in [0.05, 0.1) is 0 Å². The van der Waals surface area contributed by atoms with Crippen molar-refractivity contribution in [2.24, 2.45) is 5.73 Å². The molecule has 0 fully saturated rings. The first-order valence-electron chi connectivity index (χ1n) is 3.96. The van der Waals surface area contributed by atoms with Crippen molar-refractivity contribution in [3.8, 4) is 0 Å². The van der Waals surface area contributed by atoms with E-state index in [1.54, 1.807) is 6.07 Å². The van der Waals surface area contributed by atoms with Crippen LogP contribution < -0.4 is 5.73 Å². The Balaban J connectivity index is 2.87. The van der Waals surface area contributed by atoms with E-state index in [-0.39, 0.29) is 12.6 Å². The number of hydrogen-bond acceptors (Lipinski definition) is 2. The number of hydrogen-bond donors (Lipinski definition) is 2. The molecular formula is C9H11ClFNO. The lowest BCUT2D eigenvalue weighted by Gasteiger charge is -2.10. The van der Waals surface area contributed by atoms with E-state index in [1.807, 2.05) is 0 Å². The lowest BCUT2D eigenvalue weighted by molar-refractivity contribution is 0.276. The molecule has 1 aromatic carbocycles. The molecule has 1 aromatic rings. The van der Waals surface area contributed by atoms with Crippen molar-refractivity contribution >= 4 is 11.6 Å². The summed E-state index contributed by atoms with van der Waals surface area (Å²) in [6.07, 6.45) is 0.403. The van der Waals surface area contributed by atoms with Gasteiger partial charge in [-0.25, -0.2) is 4.39 Å². The molecule has 4 heteroatoms. The van der Waals surface area contributed by atoms with Crippen molar-refractivity contribution in [1.29, 1.82) is 0 Å². The van der Waals surface area contributed by atoms with Gasteiger partial charge in [-0.05, 0) is 30.2 Å². The molecule has 2 nitrogen and oxygen atoms in total. The van der Waals surface area contributed by atoms with Crippen LogP contribution in [0.5, 0.6) is 0 Å². The summed E-state index contributed by atoms with van der Waals surface area (Å²) in [4.78, 5) is 0. The minimum Gasteiger partial charge on any atom is -0.396 e. The maximum absolute atomic E-state index is 12.8. The van der Waals surface area contributed by atoms with Crippen LogP contribution in [0.15, 0.2) is 18.2 Å². The Hall–Kier alpha value is -0.640. The Kier molecular flexibility index (Phi) is 3.66. The fourth-order valence-corrected chi connectivity index (χ4v) is 1.33. The fraction of sp³-hybridized carbons (Fsp3) is 0.333. The topological polar surface area (TPSA) is 46.2 Å². The van der Waals surface area contributed by atoms with Gasteiger partial charge in [0.1, 0.15) is 5.82 Å². The lowest BCUT2D eigenvalue weighted by Crippen LogP contribution is -2.12. The van der Waals surface area contributed by atoms with Gasteiger partial charge in [0, 0.05) is 17.7 Å². The molecule has 0 saturated heterocycles. The van der Waals surface area contributed by atoms with Crippen LogP contribution in [-0.2, 0) is 0 Å². The second-order valence-electron chi connectivity index (χ2n) is 2.82. The van der Waals surface area contributed by atoms with Crippen LogP contribution in [0, 0.1) is 5.82 Å². The van der Waals surface area contributed by atoms with E-state index in [2.05, 4.69) is 0 Å². The van der Waals surface area contributed by atoms with E-state index >= 15 is 0 Å². The molecule has 72 valence electrons. The fourth-order valence-electron chi connectivity index (χ4n) is 1.09. The van der Waals surface area contributed by atoms with E-state index in [4.69, 9.17) is 22.4 Å². The Morgan fingerprint density at radius 3 is 2.69 bits per heavy atom. The van der Waals surface area contributed by atoms with Crippen molar-refractivity contribution in [2.45, 2.75) is 12.5 Å². The SMILES string of the molecule is NC(CCO)c1cc(F)cc(Cl)c1. The van der Waals surface area contributed by atoms with Gasteiger partial charge in [0.25, 0.3) is 0 Å². The summed E-state index contributed by atoms with van der Waals surface area (Å²) in [5, 5.41) is 8.95. The number of aliphatic hydroxyl groups is 1. The predicted molar refractivity (Wildman–Crippen MR) is 50.0 cm³/mol. The summed E-state index contributed by atoms with van der Waals surface area (Å²) >= 11 is 5.64. The van der Waals surface area contributed by atoms with E-state index in [0.717, 1.165) is 0 Å². The highest BCUT2D eigenvalue weighted by Crippen LogP contribution is 2.20. The molecule has 0 aromatic heterocycles. The zero-order valence-electron chi connectivity index (χ0n) is 7.00. The summed E-state index contributed by atoms with van der Waals surface area (Å²) in [5.74, 6) is -0.407. The molecule has 0 aliphatic heterocycles. The number of rotatable bonds is 3. The quantitative estimate of drug-likeness (QED) is 0.788. The van der Waals surface area contributed by atoms with Crippen LogP contribution in [-0.4, -0.2) is 11.7 Å². The molecule has 0 aliphatic carbocycles. The second-order valence-corrected chi connectivity index (χ2v) is 3.26. The van der Waals surface area contributed by atoms with Crippen LogP contribution in [0.3, 0.4) is 0 Å². The number of halogens is 2. The maximum atomic E-state index is 12.8. The van der Waals surface area contributed by atoms with Crippen LogP contribution in [0.4, 0.5) is 4.39 Å². The summed E-state index contributed by atoms with van der Waals surface area (Å²) < 4.78 is 12.8. The lowest BCUT2D eigenvalue weighted by atomic mass is 10.1. The molecule has 0 amide bonds. The van der Waals surface area contributed by atoms with Crippen LogP contribution in [0.25, 0.3) is 0 Å². The summed E-state index contributed by atoms with van der Waals surface area (Å²) in [6.45, 7) is -0.0186. The molecule has 1 unspecified atom stereocenters. The van der Waals surface area contributed by atoms with Gasteiger partial charge >= 0.3 is 0 Å². The highest BCUT2D eigenvalue weighted by Gasteiger charge is 2.07. The number of nitrogens with two attached hydrogens (primary N) is 1. The third kappa shape index (κ3) is 2.95. The summed E-state index contributed by atoms with van der Waals surface area (Å²) in [6, 6.07) is 3.78. The number of benzene rings is 1.